The van der Waals surface area contributed by atoms with Gasteiger partial charge in [-0.3, -0.25) is 9.59 Å². The number of ketones is 1. The number of aldehydes is 1. The molecule has 0 aromatic heterocycles. The molecule has 0 N–H and O–H groups in total. The molecule has 2 heteroatoms. The summed E-state index contributed by atoms with van der Waals surface area (Å²) in [6.07, 6.45) is 2.10. The van der Waals surface area contributed by atoms with Gasteiger partial charge in [0, 0.05) is 6.42 Å². The largest absolute Gasteiger partial charge is 0.298 e. The van der Waals surface area contributed by atoms with Gasteiger partial charge < -0.3 is 0 Å². The zero-order valence-corrected chi connectivity index (χ0v) is 7.31. The van der Waals surface area contributed by atoms with Crippen LogP contribution < -0.4 is 0 Å². The summed E-state index contributed by atoms with van der Waals surface area (Å²) in [5, 5.41) is 0. The molecule has 2 nitrogen and oxygen atoms in total. The maximum absolute atomic E-state index is 11.1. The fraction of sp³-hybridized carbons (Fsp3) is 0.556. The number of Topliss-reactive ketones (excluding diaryl/α,β-unsaturated/α-hetero) is 1. The van der Waals surface area contributed by atoms with Crippen molar-refractivity contribution < 1.29 is 9.59 Å². The first-order valence-electron chi connectivity index (χ1n) is 3.79. The van der Waals surface area contributed by atoms with Crippen molar-refractivity contribution in [1.29, 1.82) is 0 Å². The van der Waals surface area contributed by atoms with E-state index in [4.69, 9.17) is 0 Å². The molecule has 0 saturated carbocycles. The summed E-state index contributed by atoms with van der Waals surface area (Å²) in [5.41, 5.74) is 1.14. The summed E-state index contributed by atoms with van der Waals surface area (Å²) >= 11 is 0. The molecule has 0 bridgehead atoms. The lowest BCUT2D eigenvalue weighted by atomic mass is 10.0. The van der Waals surface area contributed by atoms with Gasteiger partial charge in [-0.05, 0) is 31.4 Å². The molecule has 0 radical (unpaired) electrons. The summed E-state index contributed by atoms with van der Waals surface area (Å²) < 4.78 is 0. The molecule has 62 valence electrons. The Labute approximate surface area is 67.3 Å². The van der Waals surface area contributed by atoms with E-state index in [-0.39, 0.29) is 5.78 Å². The Morgan fingerprint density at radius 2 is 1.91 bits per heavy atom. The first-order valence-corrected chi connectivity index (χ1v) is 3.79. The predicted molar refractivity (Wildman–Crippen MR) is 44.4 cm³/mol. The van der Waals surface area contributed by atoms with Crippen molar-refractivity contribution in [2.45, 2.75) is 33.6 Å². The highest BCUT2D eigenvalue weighted by atomic mass is 16.1. The first-order chi connectivity index (χ1) is 5.13. The van der Waals surface area contributed by atoms with Crippen LogP contribution in [-0.4, -0.2) is 12.1 Å². The van der Waals surface area contributed by atoms with Crippen LogP contribution in [0.1, 0.15) is 33.6 Å². The zero-order chi connectivity index (χ0) is 8.85. The molecule has 0 amide bonds. The normalized spacial score (nSPS) is 12.3. The standard InChI is InChI=1S/C9H14O2/c1-4-5-9(11)8(3)7(2)6-10/h6H,4-5H2,1-3H3/b8-7+. The predicted octanol–water partition coefficient (Wildman–Crippen LogP) is 1.89. The van der Waals surface area contributed by atoms with Gasteiger partial charge in [-0.15, -0.1) is 0 Å². The van der Waals surface area contributed by atoms with E-state index in [1.807, 2.05) is 6.92 Å². The van der Waals surface area contributed by atoms with Gasteiger partial charge in [0.2, 0.25) is 0 Å². The SMILES string of the molecule is CCCC(=O)/C(C)=C(\C)C=O. The van der Waals surface area contributed by atoms with Crippen molar-refractivity contribution in [3.8, 4) is 0 Å². The van der Waals surface area contributed by atoms with Crippen molar-refractivity contribution in [2.24, 2.45) is 0 Å². The maximum Gasteiger partial charge on any atom is 0.158 e. The van der Waals surface area contributed by atoms with Gasteiger partial charge in [0.15, 0.2) is 5.78 Å². The topological polar surface area (TPSA) is 34.1 Å². The monoisotopic (exact) mass is 154 g/mol. The molecule has 11 heavy (non-hydrogen) atoms. The highest BCUT2D eigenvalue weighted by molar-refractivity contribution is 5.99. The fourth-order valence-electron chi connectivity index (χ4n) is 0.723. The Bertz CT molecular complexity index is 190. The Hall–Kier alpha value is -0.920. The van der Waals surface area contributed by atoms with Crippen LogP contribution in [0, 0.1) is 0 Å². The minimum absolute atomic E-state index is 0.0806. The number of carbonyl (C=O) groups is 2. The second-order valence-corrected chi connectivity index (χ2v) is 2.60. The summed E-state index contributed by atoms with van der Waals surface area (Å²) in [5.74, 6) is 0.0806. The Balaban J connectivity index is 4.33. The fourth-order valence-corrected chi connectivity index (χ4v) is 0.723. The molecule has 0 saturated heterocycles. The number of allylic oxidation sites excluding steroid dienone is 2. The molecule has 0 aromatic carbocycles. The molecule has 0 atom stereocenters. The maximum atomic E-state index is 11.1. The van der Waals surface area contributed by atoms with Crippen LogP contribution in [0.3, 0.4) is 0 Å². The third kappa shape index (κ3) is 3.12. The van der Waals surface area contributed by atoms with E-state index >= 15 is 0 Å². The molecular formula is C9H14O2. The average molecular weight is 154 g/mol. The van der Waals surface area contributed by atoms with Crippen LogP contribution >= 0.6 is 0 Å². The van der Waals surface area contributed by atoms with E-state index in [0.29, 0.717) is 17.6 Å². The lowest BCUT2D eigenvalue weighted by Crippen LogP contribution is -2.01. The van der Waals surface area contributed by atoms with Crippen LogP contribution in [-0.2, 0) is 9.59 Å². The lowest BCUT2D eigenvalue weighted by molar-refractivity contribution is -0.116. The van der Waals surface area contributed by atoms with Crippen LogP contribution in [0.2, 0.25) is 0 Å². The molecule has 0 fully saturated rings. The smallest absolute Gasteiger partial charge is 0.158 e. The highest BCUT2D eigenvalue weighted by Crippen LogP contribution is 2.05. The van der Waals surface area contributed by atoms with Gasteiger partial charge in [0.05, 0.1) is 0 Å². The number of rotatable bonds is 4. The summed E-state index contributed by atoms with van der Waals surface area (Å²) in [6.45, 7) is 5.30. The molecule has 0 aliphatic rings. The molecule has 0 heterocycles. The minimum atomic E-state index is 0.0806. The van der Waals surface area contributed by atoms with E-state index in [1.54, 1.807) is 13.8 Å². The summed E-state index contributed by atoms with van der Waals surface area (Å²) in [4.78, 5) is 21.4. The van der Waals surface area contributed by atoms with Gasteiger partial charge in [-0.1, -0.05) is 6.92 Å². The van der Waals surface area contributed by atoms with E-state index in [9.17, 15) is 9.59 Å². The van der Waals surface area contributed by atoms with Crippen molar-refractivity contribution in [3.05, 3.63) is 11.1 Å². The van der Waals surface area contributed by atoms with Gasteiger partial charge in [-0.2, -0.15) is 0 Å². The van der Waals surface area contributed by atoms with Crippen molar-refractivity contribution in [3.63, 3.8) is 0 Å². The molecule has 0 aromatic rings. The van der Waals surface area contributed by atoms with E-state index in [0.717, 1.165) is 12.7 Å². The van der Waals surface area contributed by atoms with Crippen LogP contribution in [0.4, 0.5) is 0 Å². The Morgan fingerprint density at radius 1 is 1.36 bits per heavy atom. The second-order valence-electron chi connectivity index (χ2n) is 2.60. The van der Waals surface area contributed by atoms with Crippen molar-refractivity contribution >= 4 is 12.1 Å². The van der Waals surface area contributed by atoms with Gasteiger partial charge in [0.1, 0.15) is 6.29 Å². The molecule has 0 unspecified atom stereocenters. The molecule has 0 rings (SSSR count). The molecule has 0 spiro atoms. The number of carbonyl (C=O) groups excluding carboxylic acids is 2. The number of hydrogen-bond donors (Lipinski definition) is 0. The van der Waals surface area contributed by atoms with Crippen LogP contribution in [0.15, 0.2) is 11.1 Å². The van der Waals surface area contributed by atoms with E-state index in [1.165, 1.54) is 0 Å². The Kier molecular flexibility index (Phi) is 4.42. The summed E-state index contributed by atoms with van der Waals surface area (Å²) in [7, 11) is 0. The summed E-state index contributed by atoms with van der Waals surface area (Å²) in [6, 6.07) is 0. The van der Waals surface area contributed by atoms with Crippen molar-refractivity contribution in [2.75, 3.05) is 0 Å². The second kappa shape index (κ2) is 4.83. The van der Waals surface area contributed by atoms with Crippen LogP contribution in [0.5, 0.6) is 0 Å². The zero-order valence-electron chi connectivity index (χ0n) is 7.31. The highest BCUT2D eigenvalue weighted by Gasteiger charge is 2.05. The minimum Gasteiger partial charge on any atom is -0.298 e. The quantitative estimate of drug-likeness (QED) is 0.457. The van der Waals surface area contributed by atoms with Gasteiger partial charge >= 0.3 is 0 Å². The number of hydrogen-bond acceptors (Lipinski definition) is 2. The Morgan fingerprint density at radius 3 is 2.27 bits per heavy atom. The van der Waals surface area contributed by atoms with Crippen molar-refractivity contribution in [1.82, 2.24) is 0 Å². The first kappa shape index (κ1) is 10.1. The van der Waals surface area contributed by atoms with Crippen LogP contribution in [0.25, 0.3) is 0 Å². The third-order valence-electron chi connectivity index (χ3n) is 1.66. The molecular weight excluding hydrogens is 140 g/mol. The third-order valence-corrected chi connectivity index (χ3v) is 1.66. The van der Waals surface area contributed by atoms with Gasteiger partial charge in [0.25, 0.3) is 0 Å². The average Bonchev–Trinajstić information content (AvgIpc) is 2.02. The lowest BCUT2D eigenvalue weighted by Gasteiger charge is -1.99. The van der Waals surface area contributed by atoms with E-state index in [2.05, 4.69) is 0 Å². The molecule has 0 aliphatic heterocycles. The molecule has 0 aliphatic carbocycles. The van der Waals surface area contributed by atoms with Gasteiger partial charge in [-0.25, -0.2) is 0 Å². The van der Waals surface area contributed by atoms with E-state index < -0.39 is 0 Å².